The molecule has 0 aromatic heterocycles. The third-order valence-electron chi connectivity index (χ3n) is 7.02. The Bertz CT molecular complexity index is 923. The molecule has 178 valence electrons. The molecule has 1 aliphatic rings. The molecule has 1 aliphatic carbocycles. The van der Waals surface area contributed by atoms with Gasteiger partial charge in [0, 0.05) is 6.42 Å². The molecule has 0 N–H and O–H groups in total. The van der Waals surface area contributed by atoms with Gasteiger partial charge in [-0.2, -0.15) is 0 Å². The number of allylic oxidation sites excluding steroid dienone is 2. The van der Waals surface area contributed by atoms with Crippen LogP contribution in [0.4, 0.5) is 0 Å². The summed E-state index contributed by atoms with van der Waals surface area (Å²) < 4.78 is 6.45. The number of ketones is 1. The summed E-state index contributed by atoms with van der Waals surface area (Å²) in [4.78, 5) is 12.5. The predicted octanol–water partition coefficient (Wildman–Crippen LogP) is 8.69. The van der Waals surface area contributed by atoms with E-state index in [-0.39, 0.29) is 17.1 Å². The minimum absolute atomic E-state index is 0.104. The highest BCUT2D eigenvalue weighted by Crippen LogP contribution is 2.41. The third kappa shape index (κ3) is 7.32. The maximum Gasteiger partial charge on any atom is 0.156 e. The fraction of sp³-hybridized carbons (Fsp3) is 0.516. The molecule has 0 fully saturated rings. The number of hydrogen-bond acceptors (Lipinski definition) is 2. The van der Waals surface area contributed by atoms with E-state index >= 15 is 0 Å². The fourth-order valence-corrected chi connectivity index (χ4v) is 4.98. The largest absolute Gasteiger partial charge is 0.489 e. The highest BCUT2D eigenvalue weighted by Gasteiger charge is 2.27. The van der Waals surface area contributed by atoms with Crippen molar-refractivity contribution in [3.8, 4) is 5.75 Å². The molecule has 2 nitrogen and oxygen atoms in total. The molecule has 2 heteroatoms. The number of benzene rings is 2. The first-order chi connectivity index (χ1) is 15.9. The zero-order valence-corrected chi connectivity index (χ0v) is 21.2. The van der Waals surface area contributed by atoms with Crippen molar-refractivity contribution in [2.45, 2.75) is 103 Å². The van der Waals surface area contributed by atoms with Gasteiger partial charge in [-0.3, -0.25) is 4.79 Å². The molecule has 0 amide bonds. The third-order valence-corrected chi connectivity index (χ3v) is 7.02. The van der Waals surface area contributed by atoms with E-state index in [2.05, 4.69) is 70.2 Å². The second-order valence-corrected chi connectivity index (χ2v) is 10.3. The Hall–Kier alpha value is -2.35. The SMILES string of the molecule is CCCCCCC(C)(C)c1ccc(C2CC(=O)C=C(CCC)C2)c(OCc2ccccc2)c1. The molecule has 33 heavy (non-hydrogen) atoms. The van der Waals surface area contributed by atoms with E-state index in [1.165, 1.54) is 54.4 Å². The zero-order valence-electron chi connectivity index (χ0n) is 21.2. The molecule has 0 saturated heterocycles. The van der Waals surface area contributed by atoms with E-state index in [0.717, 1.165) is 25.0 Å². The summed E-state index contributed by atoms with van der Waals surface area (Å²) >= 11 is 0. The molecule has 2 aromatic carbocycles. The number of rotatable bonds is 12. The van der Waals surface area contributed by atoms with Gasteiger partial charge in [0.25, 0.3) is 0 Å². The van der Waals surface area contributed by atoms with Crippen LogP contribution in [0.3, 0.4) is 0 Å². The Labute approximate surface area is 201 Å². The van der Waals surface area contributed by atoms with Crippen LogP contribution in [-0.2, 0) is 16.8 Å². The van der Waals surface area contributed by atoms with Crippen LogP contribution < -0.4 is 4.74 Å². The lowest BCUT2D eigenvalue weighted by Crippen LogP contribution is -2.19. The monoisotopic (exact) mass is 446 g/mol. The van der Waals surface area contributed by atoms with Crippen molar-refractivity contribution < 1.29 is 9.53 Å². The van der Waals surface area contributed by atoms with Crippen molar-refractivity contribution in [2.75, 3.05) is 0 Å². The van der Waals surface area contributed by atoms with Gasteiger partial charge >= 0.3 is 0 Å². The Morgan fingerprint density at radius 3 is 2.45 bits per heavy atom. The molecule has 1 unspecified atom stereocenters. The molecule has 1 atom stereocenters. The number of carbonyl (C=O) groups is 1. The molecule has 3 rings (SSSR count). The molecule has 0 spiro atoms. The molecule has 0 bridgehead atoms. The number of ether oxygens (including phenoxy) is 1. The summed E-state index contributed by atoms with van der Waals surface area (Å²) in [5.74, 6) is 1.41. The van der Waals surface area contributed by atoms with Crippen LogP contribution in [0, 0.1) is 0 Å². The van der Waals surface area contributed by atoms with Crippen LogP contribution in [-0.4, -0.2) is 5.78 Å². The lowest BCUT2D eigenvalue weighted by molar-refractivity contribution is -0.115. The number of carbonyl (C=O) groups excluding carboxylic acids is 1. The van der Waals surface area contributed by atoms with Crippen molar-refractivity contribution in [2.24, 2.45) is 0 Å². The molecule has 0 saturated carbocycles. The van der Waals surface area contributed by atoms with Gasteiger partial charge in [0.1, 0.15) is 12.4 Å². The minimum atomic E-state index is 0.104. The summed E-state index contributed by atoms with van der Waals surface area (Å²) in [6, 6.07) is 17.1. The van der Waals surface area contributed by atoms with Crippen molar-refractivity contribution in [1.29, 1.82) is 0 Å². The number of unbranched alkanes of at least 4 members (excludes halogenated alkanes) is 3. The van der Waals surface area contributed by atoms with Gasteiger partial charge in [0.2, 0.25) is 0 Å². The van der Waals surface area contributed by atoms with Crippen LogP contribution in [0.5, 0.6) is 5.75 Å². The summed E-state index contributed by atoms with van der Waals surface area (Å²) in [5.41, 5.74) is 5.07. The van der Waals surface area contributed by atoms with Crippen LogP contribution >= 0.6 is 0 Å². The van der Waals surface area contributed by atoms with Crippen LogP contribution in [0.1, 0.15) is 108 Å². The summed E-state index contributed by atoms with van der Waals surface area (Å²) in [7, 11) is 0. The van der Waals surface area contributed by atoms with E-state index in [9.17, 15) is 4.79 Å². The minimum Gasteiger partial charge on any atom is -0.489 e. The normalized spacial score (nSPS) is 16.5. The smallest absolute Gasteiger partial charge is 0.156 e. The first-order valence-electron chi connectivity index (χ1n) is 13.0. The van der Waals surface area contributed by atoms with Crippen molar-refractivity contribution in [3.05, 3.63) is 76.9 Å². The van der Waals surface area contributed by atoms with Crippen LogP contribution in [0.15, 0.2) is 60.2 Å². The van der Waals surface area contributed by atoms with Crippen molar-refractivity contribution in [3.63, 3.8) is 0 Å². The zero-order chi connectivity index (χ0) is 23.7. The lowest BCUT2D eigenvalue weighted by atomic mass is 9.77. The average molecular weight is 447 g/mol. The molecular formula is C31H42O2. The molecular weight excluding hydrogens is 404 g/mol. The lowest BCUT2D eigenvalue weighted by Gasteiger charge is -2.29. The number of hydrogen-bond donors (Lipinski definition) is 0. The van der Waals surface area contributed by atoms with Crippen molar-refractivity contribution in [1.82, 2.24) is 0 Å². The van der Waals surface area contributed by atoms with Gasteiger partial charge in [-0.15, -0.1) is 0 Å². The summed E-state index contributed by atoms with van der Waals surface area (Å²) in [6.45, 7) is 9.69. The molecule has 0 aliphatic heterocycles. The van der Waals surface area contributed by atoms with E-state index in [1.54, 1.807) is 0 Å². The Balaban J connectivity index is 1.86. The van der Waals surface area contributed by atoms with E-state index in [1.807, 2.05) is 12.1 Å². The Kier molecular flexibility index (Phi) is 9.35. The second kappa shape index (κ2) is 12.2. The average Bonchev–Trinajstić information content (AvgIpc) is 2.81. The van der Waals surface area contributed by atoms with Crippen molar-refractivity contribution >= 4 is 5.78 Å². The highest BCUT2D eigenvalue weighted by atomic mass is 16.5. The topological polar surface area (TPSA) is 26.3 Å². The van der Waals surface area contributed by atoms with Gasteiger partial charge < -0.3 is 4.74 Å². The maximum absolute atomic E-state index is 12.5. The quantitative estimate of drug-likeness (QED) is 0.305. The van der Waals surface area contributed by atoms with E-state index < -0.39 is 0 Å². The fourth-order valence-electron chi connectivity index (χ4n) is 4.98. The molecule has 0 radical (unpaired) electrons. The van der Waals surface area contributed by atoms with E-state index in [4.69, 9.17) is 4.74 Å². The first-order valence-corrected chi connectivity index (χ1v) is 13.0. The Morgan fingerprint density at radius 2 is 1.73 bits per heavy atom. The Morgan fingerprint density at radius 1 is 0.939 bits per heavy atom. The van der Waals surface area contributed by atoms with Crippen LogP contribution in [0.2, 0.25) is 0 Å². The first kappa shape index (κ1) is 25.3. The van der Waals surface area contributed by atoms with Gasteiger partial charge in [0.15, 0.2) is 5.78 Å². The standard InChI is InChI=1S/C31H42O2/c1-5-7-8-12-18-31(3,4)27-16-17-29(26-19-25(13-6-2)20-28(32)21-26)30(22-27)33-23-24-14-10-9-11-15-24/h9-11,14-17,20,22,26H,5-8,12-13,18-19,21,23H2,1-4H3. The second-order valence-electron chi connectivity index (χ2n) is 10.3. The van der Waals surface area contributed by atoms with Gasteiger partial charge in [0.05, 0.1) is 0 Å². The van der Waals surface area contributed by atoms with Crippen LogP contribution in [0.25, 0.3) is 0 Å². The maximum atomic E-state index is 12.5. The van der Waals surface area contributed by atoms with Gasteiger partial charge in [-0.25, -0.2) is 0 Å². The summed E-state index contributed by atoms with van der Waals surface area (Å²) in [6.07, 6.45) is 11.8. The predicted molar refractivity (Wildman–Crippen MR) is 139 cm³/mol. The highest BCUT2D eigenvalue weighted by molar-refractivity contribution is 5.92. The summed E-state index contributed by atoms with van der Waals surface area (Å²) in [5, 5.41) is 0. The molecule has 0 heterocycles. The van der Waals surface area contributed by atoms with E-state index in [0.29, 0.717) is 13.0 Å². The van der Waals surface area contributed by atoms with Gasteiger partial charge in [-0.1, -0.05) is 108 Å². The molecule has 2 aromatic rings. The van der Waals surface area contributed by atoms with Gasteiger partial charge in [-0.05, 0) is 59.4 Å².